The van der Waals surface area contributed by atoms with E-state index in [4.69, 9.17) is 25.8 Å². The Morgan fingerprint density at radius 1 is 1.58 bits per heavy atom. The van der Waals surface area contributed by atoms with Crippen molar-refractivity contribution in [2.75, 3.05) is 13.7 Å². The molecule has 2 atom stereocenters. The molecule has 5 heteroatoms. The molecule has 0 bridgehead atoms. The molecule has 1 aromatic carbocycles. The Labute approximate surface area is 117 Å². The summed E-state index contributed by atoms with van der Waals surface area (Å²) in [5, 5.41) is -0.889. The van der Waals surface area contributed by atoms with Gasteiger partial charge in [-0.1, -0.05) is 0 Å². The molecule has 4 nitrogen and oxygen atoms in total. The summed E-state index contributed by atoms with van der Waals surface area (Å²) >= 11 is 6.15. The number of methoxy groups -OCH3 is 1. The summed E-state index contributed by atoms with van der Waals surface area (Å²) in [6.07, 6.45) is 0.963. The summed E-state index contributed by atoms with van der Waals surface area (Å²) in [6, 6.07) is 3.65. The van der Waals surface area contributed by atoms with Crippen LogP contribution in [0.25, 0.3) is 0 Å². The summed E-state index contributed by atoms with van der Waals surface area (Å²) in [6.45, 7) is 4.03. The molecular weight excluding hydrogens is 268 g/mol. The van der Waals surface area contributed by atoms with Crippen molar-refractivity contribution in [2.45, 2.75) is 31.7 Å². The highest BCUT2D eigenvalue weighted by atomic mass is 35.5. The maximum Gasteiger partial charge on any atom is 0.328 e. The number of carbonyl (C=O) groups is 1. The molecule has 1 aliphatic rings. The molecule has 1 aromatic rings. The predicted octanol–water partition coefficient (Wildman–Crippen LogP) is 2.86. The number of fused-ring (bicyclic) bond motifs is 1. The van der Waals surface area contributed by atoms with Crippen molar-refractivity contribution in [3.8, 4) is 11.5 Å². The largest absolute Gasteiger partial charge is 0.496 e. The van der Waals surface area contributed by atoms with E-state index >= 15 is 0 Å². The Kier molecular flexibility index (Phi) is 4.20. The number of carbonyl (C=O) groups excluding carboxylic acids is 1. The molecule has 0 N–H and O–H groups in total. The van der Waals surface area contributed by atoms with Gasteiger partial charge in [0.2, 0.25) is 0 Å². The van der Waals surface area contributed by atoms with Crippen LogP contribution < -0.4 is 9.47 Å². The number of benzene rings is 1. The highest BCUT2D eigenvalue weighted by Crippen LogP contribution is 2.39. The highest BCUT2D eigenvalue weighted by Gasteiger charge is 2.28. The number of alkyl halides is 1. The van der Waals surface area contributed by atoms with Crippen LogP contribution in [0.1, 0.15) is 30.4 Å². The second kappa shape index (κ2) is 5.70. The first-order chi connectivity index (χ1) is 9.06. The van der Waals surface area contributed by atoms with Crippen molar-refractivity contribution in [2.24, 2.45) is 0 Å². The quantitative estimate of drug-likeness (QED) is 0.630. The maximum absolute atomic E-state index is 11.7. The zero-order valence-electron chi connectivity index (χ0n) is 11.2. The number of ether oxygens (including phenoxy) is 3. The Balaban J connectivity index is 2.35. The number of rotatable bonds is 4. The van der Waals surface area contributed by atoms with Crippen LogP contribution in [0.15, 0.2) is 12.1 Å². The molecular formula is C14H17ClO4. The van der Waals surface area contributed by atoms with Gasteiger partial charge >= 0.3 is 5.97 Å². The van der Waals surface area contributed by atoms with Crippen molar-refractivity contribution in [1.82, 2.24) is 0 Å². The lowest BCUT2D eigenvalue weighted by molar-refractivity contribution is -0.142. The van der Waals surface area contributed by atoms with Crippen molar-refractivity contribution in [3.05, 3.63) is 23.3 Å². The second-order valence-corrected chi connectivity index (χ2v) is 4.89. The molecule has 0 amide bonds. The summed E-state index contributed by atoms with van der Waals surface area (Å²) in [4.78, 5) is 11.7. The summed E-state index contributed by atoms with van der Waals surface area (Å²) in [5.74, 6) is 0.871. The molecule has 19 heavy (non-hydrogen) atoms. The lowest BCUT2D eigenvalue weighted by atomic mass is 10.0. The average Bonchev–Trinajstić information content (AvgIpc) is 2.75. The molecule has 1 heterocycles. The smallest absolute Gasteiger partial charge is 0.328 e. The van der Waals surface area contributed by atoms with Gasteiger partial charge in [0.1, 0.15) is 17.6 Å². The van der Waals surface area contributed by atoms with Crippen LogP contribution in [0.2, 0.25) is 0 Å². The van der Waals surface area contributed by atoms with Crippen molar-refractivity contribution >= 4 is 17.6 Å². The third kappa shape index (κ3) is 2.78. The van der Waals surface area contributed by atoms with Gasteiger partial charge in [-0.3, -0.25) is 4.79 Å². The topological polar surface area (TPSA) is 44.8 Å². The number of hydrogen-bond acceptors (Lipinski definition) is 4. The van der Waals surface area contributed by atoms with Gasteiger partial charge in [0, 0.05) is 17.5 Å². The molecule has 2 rings (SSSR count). The third-order valence-corrected chi connectivity index (χ3v) is 3.43. The molecule has 0 spiro atoms. The number of halogens is 1. The Morgan fingerprint density at radius 2 is 2.32 bits per heavy atom. The minimum Gasteiger partial charge on any atom is -0.496 e. The van der Waals surface area contributed by atoms with E-state index in [1.807, 2.05) is 13.0 Å². The standard InChI is InChI=1S/C14H17ClO4/c1-4-18-14(16)13(15)10-7-11-9(5-8(2)19-11)6-12(10)17-3/h6-8,13H,4-5H2,1-3H3. The van der Waals surface area contributed by atoms with Crippen molar-refractivity contribution in [3.63, 3.8) is 0 Å². The van der Waals surface area contributed by atoms with Gasteiger partial charge in [-0.2, -0.15) is 0 Å². The third-order valence-electron chi connectivity index (χ3n) is 3.01. The van der Waals surface area contributed by atoms with E-state index in [9.17, 15) is 4.79 Å². The van der Waals surface area contributed by atoms with E-state index in [0.29, 0.717) is 17.9 Å². The minimum absolute atomic E-state index is 0.131. The van der Waals surface area contributed by atoms with Crippen molar-refractivity contribution in [1.29, 1.82) is 0 Å². The van der Waals surface area contributed by atoms with Crippen LogP contribution >= 0.6 is 11.6 Å². The fraction of sp³-hybridized carbons (Fsp3) is 0.500. The molecule has 2 unspecified atom stereocenters. The van der Waals surface area contributed by atoms with Gasteiger partial charge in [0.05, 0.1) is 13.7 Å². The first kappa shape index (κ1) is 14.0. The fourth-order valence-electron chi connectivity index (χ4n) is 2.17. The van der Waals surface area contributed by atoms with E-state index in [1.54, 1.807) is 20.1 Å². The molecule has 1 aliphatic heterocycles. The predicted molar refractivity (Wildman–Crippen MR) is 72.0 cm³/mol. The van der Waals surface area contributed by atoms with E-state index in [2.05, 4.69) is 0 Å². The summed E-state index contributed by atoms with van der Waals surface area (Å²) in [7, 11) is 1.55. The van der Waals surface area contributed by atoms with Crippen LogP contribution in [0.4, 0.5) is 0 Å². The van der Waals surface area contributed by atoms with Crippen LogP contribution in [0.3, 0.4) is 0 Å². The lowest BCUT2D eigenvalue weighted by Crippen LogP contribution is -2.12. The minimum atomic E-state index is -0.889. The Morgan fingerprint density at radius 3 is 2.95 bits per heavy atom. The summed E-state index contributed by atoms with van der Waals surface area (Å²) in [5.41, 5.74) is 1.65. The van der Waals surface area contributed by atoms with Crippen LogP contribution in [-0.4, -0.2) is 25.8 Å². The zero-order valence-corrected chi connectivity index (χ0v) is 12.0. The molecule has 0 aliphatic carbocycles. The second-order valence-electron chi connectivity index (χ2n) is 4.45. The van der Waals surface area contributed by atoms with Crippen LogP contribution in [-0.2, 0) is 16.0 Å². The summed E-state index contributed by atoms with van der Waals surface area (Å²) < 4.78 is 15.9. The van der Waals surface area contributed by atoms with Gasteiger partial charge in [-0.05, 0) is 26.0 Å². The molecule has 0 aromatic heterocycles. The van der Waals surface area contributed by atoms with Gasteiger partial charge in [0.25, 0.3) is 0 Å². The normalized spacial score (nSPS) is 18.4. The molecule has 0 fully saturated rings. The van der Waals surface area contributed by atoms with E-state index in [0.717, 1.165) is 17.7 Å². The molecule has 0 saturated heterocycles. The van der Waals surface area contributed by atoms with Crippen LogP contribution in [0.5, 0.6) is 11.5 Å². The zero-order chi connectivity index (χ0) is 14.0. The Bertz CT molecular complexity index is 487. The van der Waals surface area contributed by atoms with Gasteiger partial charge in [-0.15, -0.1) is 11.6 Å². The SMILES string of the molecule is CCOC(=O)C(Cl)c1cc2c(cc1OC)CC(C)O2. The van der Waals surface area contributed by atoms with Gasteiger partial charge in [-0.25, -0.2) is 0 Å². The first-order valence-corrected chi connectivity index (χ1v) is 6.68. The van der Waals surface area contributed by atoms with Gasteiger partial charge in [0.15, 0.2) is 5.38 Å². The van der Waals surface area contributed by atoms with Gasteiger partial charge < -0.3 is 14.2 Å². The van der Waals surface area contributed by atoms with Crippen LogP contribution in [0, 0.1) is 0 Å². The monoisotopic (exact) mass is 284 g/mol. The Hall–Kier alpha value is -1.42. The van der Waals surface area contributed by atoms with E-state index in [-0.39, 0.29) is 6.10 Å². The van der Waals surface area contributed by atoms with Crippen molar-refractivity contribution < 1.29 is 19.0 Å². The lowest BCUT2D eigenvalue weighted by Gasteiger charge is -2.14. The highest BCUT2D eigenvalue weighted by molar-refractivity contribution is 6.30. The first-order valence-electron chi connectivity index (χ1n) is 6.25. The molecule has 0 radical (unpaired) electrons. The molecule has 0 saturated carbocycles. The maximum atomic E-state index is 11.7. The number of esters is 1. The average molecular weight is 285 g/mol. The number of hydrogen-bond donors (Lipinski definition) is 0. The fourth-order valence-corrected chi connectivity index (χ4v) is 2.41. The molecule has 104 valence electrons. The van der Waals surface area contributed by atoms with E-state index < -0.39 is 11.3 Å². The van der Waals surface area contributed by atoms with E-state index in [1.165, 1.54) is 0 Å².